The molecule has 0 unspecified atom stereocenters. The summed E-state index contributed by atoms with van der Waals surface area (Å²) in [5.41, 5.74) is 8.34. The second-order valence-electron chi connectivity index (χ2n) is 7.21. The first-order valence-corrected chi connectivity index (χ1v) is 10.2. The Morgan fingerprint density at radius 1 is 1.06 bits per heavy atom. The first-order valence-electron chi connectivity index (χ1n) is 9.85. The van der Waals surface area contributed by atoms with Gasteiger partial charge in [-0.25, -0.2) is 0 Å². The van der Waals surface area contributed by atoms with E-state index in [1.807, 2.05) is 42.6 Å². The average molecular weight is 433 g/mol. The lowest BCUT2D eigenvalue weighted by Gasteiger charge is -2.08. The molecule has 1 N–H and O–H groups in total. The van der Waals surface area contributed by atoms with Gasteiger partial charge in [-0.1, -0.05) is 60.1 Å². The fourth-order valence-corrected chi connectivity index (χ4v) is 3.82. The van der Waals surface area contributed by atoms with Crippen molar-refractivity contribution in [2.75, 3.05) is 0 Å². The number of nitrogens with one attached hydrogen (secondary N) is 1. The quantitative estimate of drug-likeness (QED) is 0.232. The van der Waals surface area contributed by atoms with Crippen molar-refractivity contribution >= 4 is 34.4 Å². The van der Waals surface area contributed by atoms with E-state index in [0.29, 0.717) is 18.1 Å². The van der Waals surface area contributed by atoms with Crippen LogP contribution in [0.1, 0.15) is 22.4 Å². The number of rotatable bonds is 7. The zero-order chi connectivity index (χ0) is 21.8. The fraction of sp³-hybridized carbons (Fsp3) is 0.125. The van der Waals surface area contributed by atoms with Crippen LogP contribution in [0.4, 0.5) is 5.69 Å². The maximum atomic E-state index is 10.9. The van der Waals surface area contributed by atoms with Gasteiger partial charge < -0.3 is 9.99 Å². The van der Waals surface area contributed by atoms with E-state index in [1.54, 1.807) is 12.1 Å². The van der Waals surface area contributed by atoms with E-state index >= 15 is 0 Å². The molecule has 156 valence electrons. The Labute approximate surface area is 184 Å². The molecule has 0 aliphatic carbocycles. The lowest BCUT2D eigenvalue weighted by molar-refractivity contribution is -0.384. The van der Waals surface area contributed by atoms with Crippen LogP contribution in [-0.4, -0.2) is 15.7 Å². The first kappa shape index (κ1) is 20.6. The normalized spacial score (nSPS) is 11.3. The van der Waals surface area contributed by atoms with Crippen LogP contribution in [0.5, 0.6) is 0 Å². The predicted octanol–water partition coefficient (Wildman–Crippen LogP) is 5.68. The number of nitro benzene ring substituents is 1. The molecule has 0 saturated heterocycles. The summed E-state index contributed by atoms with van der Waals surface area (Å²) in [4.78, 5) is 10.5. The van der Waals surface area contributed by atoms with Gasteiger partial charge >= 0.3 is 0 Å². The molecular weight excluding hydrogens is 412 g/mol. The van der Waals surface area contributed by atoms with Gasteiger partial charge in [0.1, 0.15) is 0 Å². The minimum absolute atomic E-state index is 0.0928. The van der Waals surface area contributed by atoms with Crippen LogP contribution >= 0.6 is 11.6 Å². The number of halogens is 1. The summed E-state index contributed by atoms with van der Waals surface area (Å²) in [6, 6.07) is 22.5. The smallest absolute Gasteiger partial charge is 0.269 e. The van der Waals surface area contributed by atoms with Crippen LogP contribution in [0, 0.1) is 17.0 Å². The standard InChI is InChI=1S/C24H21ClN4O2/c1-17-22(15-27-26-14-19-6-2-4-8-23(19)25)21-7-3-5-9-24(21)28(17)16-18-10-12-20(13-11-18)29(30)31/h2-13,15,26H,14,16H2,1H3/b27-15-. The number of hydrogen-bond donors (Lipinski definition) is 1. The van der Waals surface area contributed by atoms with Crippen LogP contribution in [0.2, 0.25) is 5.02 Å². The number of aromatic nitrogens is 1. The Balaban J connectivity index is 1.59. The summed E-state index contributed by atoms with van der Waals surface area (Å²) in [6.45, 7) is 3.21. The van der Waals surface area contributed by atoms with E-state index in [4.69, 9.17) is 11.6 Å². The molecule has 1 aromatic heterocycles. The molecule has 4 aromatic rings. The Kier molecular flexibility index (Phi) is 6.00. The summed E-state index contributed by atoms with van der Waals surface area (Å²) in [7, 11) is 0. The third-order valence-electron chi connectivity index (χ3n) is 5.28. The number of para-hydroxylation sites is 1. The molecule has 0 spiro atoms. The highest BCUT2D eigenvalue weighted by molar-refractivity contribution is 6.31. The van der Waals surface area contributed by atoms with Crippen molar-refractivity contribution in [2.45, 2.75) is 20.0 Å². The molecular formula is C24H21ClN4O2. The highest BCUT2D eigenvalue weighted by atomic mass is 35.5. The van der Waals surface area contributed by atoms with Crippen LogP contribution in [0.25, 0.3) is 10.9 Å². The van der Waals surface area contributed by atoms with Crippen LogP contribution in [0.3, 0.4) is 0 Å². The van der Waals surface area contributed by atoms with Gasteiger partial charge in [0.05, 0.1) is 17.7 Å². The van der Waals surface area contributed by atoms with Crippen molar-refractivity contribution in [1.29, 1.82) is 0 Å². The van der Waals surface area contributed by atoms with Crippen LogP contribution in [0.15, 0.2) is 77.9 Å². The summed E-state index contributed by atoms with van der Waals surface area (Å²) < 4.78 is 2.20. The summed E-state index contributed by atoms with van der Waals surface area (Å²) in [6.07, 6.45) is 1.83. The molecule has 6 nitrogen and oxygen atoms in total. The highest BCUT2D eigenvalue weighted by Crippen LogP contribution is 2.26. The molecule has 0 amide bonds. The minimum atomic E-state index is -0.385. The second kappa shape index (κ2) is 9.02. The number of nitro groups is 1. The van der Waals surface area contributed by atoms with E-state index in [9.17, 15) is 10.1 Å². The Morgan fingerprint density at radius 3 is 2.52 bits per heavy atom. The SMILES string of the molecule is Cc1c(/C=N\NCc2ccccc2Cl)c2ccccc2n1Cc1ccc([N+](=O)[O-])cc1. The van der Waals surface area contributed by atoms with Gasteiger partial charge in [-0.2, -0.15) is 5.10 Å². The highest BCUT2D eigenvalue weighted by Gasteiger charge is 2.13. The molecule has 1 heterocycles. The van der Waals surface area contributed by atoms with Crippen molar-refractivity contribution in [3.05, 3.63) is 110 Å². The topological polar surface area (TPSA) is 72.5 Å². The largest absolute Gasteiger partial charge is 0.340 e. The molecule has 7 heteroatoms. The van der Waals surface area contributed by atoms with Gasteiger partial charge in [0.2, 0.25) is 0 Å². The number of nitrogens with zero attached hydrogens (tertiary/aromatic N) is 3. The maximum absolute atomic E-state index is 10.9. The monoisotopic (exact) mass is 432 g/mol. The van der Waals surface area contributed by atoms with Crippen LogP contribution in [-0.2, 0) is 13.1 Å². The van der Waals surface area contributed by atoms with E-state index in [-0.39, 0.29) is 10.6 Å². The van der Waals surface area contributed by atoms with Crippen molar-refractivity contribution in [3.63, 3.8) is 0 Å². The number of hydrazone groups is 1. The molecule has 0 fully saturated rings. The Bertz CT molecular complexity index is 1260. The van der Waals surface area contributed by atoms with Gasteiger partial charge in [-0.3, -0.25) is 10.1 Å². The lowest BCUT2D eigenvalue weighted by atomic mass is 10.1. The van der Waals surface area contributed by atoms with Gasteiger partial charge in [-0.05, 0) is 30.2 Å². The minimum Gasteiger partial charge on any atom is -0.340 e. The molecule has 0 saturated carbocycles. The molecule has 0 atom stereocenters. The predicted molar refractivity (Wildman–Crippen MR) is 125 cm³/mol. The third kappa shape index (κ3) is 4.44. The lowest BCUT2D eigenvalue weighted by Crippen LogP contribution is -2.06. The molecule has 0 aliphatic rings. The summed E-state index contributed by atoms with van der Waals surface area (Å²) >= 11 is 6.20. The van der Waals surface area contributed by atoms with E-state index < -0.39 is 0 Å². The molecule has 0 aliphatic heterocycles. The zero-order valence-electron chi connectivity index (χ0n) is 17.0. The Hall–Kier alpha value is -3.64. The number of non-ortho nitro benzene ring substituents is 1. The fourth-order valence-electron chi connectivity index (χ4n) is 3.61. The number of benzene rings is 3. The van der Waals surface area contributed by atoms with Crippen molar-refractivity contribution in [2.24, 2.45) is 5.10 Å². The Morgan fingerprint density at radius 2 is 1.77 bits per heavy atom. The van der Waals surface area contributed by atoms with E-state index in [0.717, 1.165) is 33.3 Å². The second-order valence-corrected chi connectivity index (χ2v) is 7.62. The molecule has 3 aromatic carbocycles. The van der Waals surface area contributed by atoms with Gasteiger partial charge in [-0.15, -0.1) is 0 Å². The van der Waals surface area contributed by atoms with Crippen molar-refractivity contribution < 1.29 is 4.92 Å². The molecule has 4 rings (SSSR count). The first-order chi connectivity index (χ1) is 15.0. The van der Waals surface area contributed by atoms with E-state index in [2.05, 4.69) is 34.2 Å². The molecule has 31 heavy (non-hydrogen) atoms. The van der Waals surface area contributed by atoms with Gasteiger partial charge in [0, 0.05) is 45.9 Å². The third-order valence-corrected chi connectivity index (χ3v) is 5.65. The molecule has 0 radical (unpaired) electrons. The van der Waals surface area contributed by atoms with Gasteiger partial charge in [0.15, 0.2) is 0 Å². The number of hydrogen-bond acceptors (Lipinski definition) is 4. The molecule has 0 bridgehead atoms. The van der Waals surface area contributed by atoms with Crippen molar-refractivity contribution in [1.82, 2.24) is 9.99 Å². The van der Waals surface area contributed by atoms with Crippen LogP contribution < -0.4 is 5.43 Å². The summed E-state index contributed by atoms with van der Waals surface area (Å²) in [5, 5.41) is 17.1. The van der Waals surface area contributed by atoms with Gasteiger partial charge in [0.25, 0.3) is 5.69 Å². The van der Waals surface area contributed by atoms with Crippen molar-refractivity contribution in [3.8, 4) is 0 Å². The average Bonchev–Trinajstić information content (AvgIpc) is 3.04. The van der Waals surface area contributed by atoms with E-state index in [1.165, 1.54) is 12.1 Å². The number of fused-ring (bicyclic) bond motifs is 1. The summed E-state index contributed by atoms with van der Waals surface area (Å²) in [5.74, 6) is 0. The zero-order valence-corrected chi connectivity index (χ0v) is 17.7. The maximum Gasteiger partial charge on any atom is 0.269 e.